The molecule has 0 fully saturated rings. The maximum Gasteiger partial charge on any atom is 0.166 e. The van der Waals surface area contributed by atoms with E-state index in [0.717, 1.165) is 5.92 Å². The molecule has 0 aromatic carbocycles. The molecule has 0 radical (unpaired) electrons. The van der Waals surface area contributed by atoms with Crippen LogP contribution < -0.4 is 11.1 Å². The zero-order valence-electron chi connectivity index (χ0n) is 20.0. The first-order valence-corrected chi connectivity index (χ1v) is 11.1. The molecular weight excluding hydrogens is 334 g/mol. The van der Waals surface area contributed by atoms with Gasteiger partial charge in [0.05, 0.1) is 18.2 Å². The van der Waals surface area contributed by atoms with E-state index in [-0.39, 0.29) is 17.5 Å². The molecule has 0 heterocycles. The molecule has 0 saturated heterocycles. The van der Waals surface area contributed by atoms with Crippen molar-refractivity contribution in [2.75, 3.05) is 13.6 Å². The summed E-state index contributed by atoms with van der Waals surface area (Å²) in [4.78, 5) is 14.9. The summed E-state index contributed by atoms with van der Waals surface area (Å²) >= 11 is 0. The van der Waals surface area contributed by atoms with E-state index >= 15 is 0 Å². The summed E-state index contributed by atoms with van der Waals surface area (Å²) in [5.74, 6) is 1.97. The predicted molar refractivity (Wildman–Crippen MR) is 119 cm³/mol. The highest BCUT2D eigenvalue weighted by Crippen LogP contribution is 2.35. The Morgan fingerprint density at radius 1 is 1.00 bits per heavy atom. The molecule has 3 N–H and O–H groups in total. The minimum Gasteiger partial charge on any atom is -0.316 e. The van der Waals surface area contributed by atoms with Crippen molar-refractivity contribution in [3.63, 3.8) is 0 Å². The zero-order chi connectivity index (χ0) is 21.4. The van der Waals surface area contributed by atoms with Crippen molar-refractivity contribution in [2.24, 2.45) is 23.5 Å². The molecule has 0 aromatic rings. The molecule has 5 atom stereocenters. The Hall–Kier alpha value is -0.450. The molecule has 0 spiro atoms. The highest BCUT2D eigenvalue weighted by molar-refractivity contribution is 5.89. The lowest BCUT2D eigenvalue weighted by molar-refractivity contribution is -0.127. The largest absolute Gasteiger partial charge is 0.316 e. The van der Waals surface area contributed by atoms with E-state index in [1.54, 1.807) is 0 Å². The van der Waals surface area contributed by atoms with Gasteiger partial charge in [0, 0.05) is 5.54 Å². The van der Waals surface area contributed by atoms with Crippen LogP contribution in [0.3, 0.4) is 0 Å². The molecule has 0 bridgehead atoms. The molecule has 4 heteroatoms. The highest BCUT2D eigenvalue weighted by atomic mass is 16.1. The molecule has 1 unspecified atom stereocenters. The van der Waals surface area contributed by atoms with Crippen LogP contribution in [0.1, 0.15) is 94.4 Å². The second-order valence-electron chi connectivity index (χ2n) is 9.79. The number of nitrogens with zero attached hydrogens (tertiary/aromatic N) is 1. The molecule has 0 aliphatic heterocycles. The van der Waals surface area contributed by atoms with Gasteiger partial charge in [-0.25, -0.2) is 0 Å². The van der Waals surface area contributed by atoms with Crippen LogP contribution in [0.15, 0.2) is 0 Å². The third-order valence-corrected chi connectivity index (χ3v) is 6.93. The number of likely N-dealkylation sites (N-methyl/N-ethyl adjacent to an activating group) is 1. The third-order valence-electron chi connectivity index (χ3n) is 6.93. The summed E-state index contributed by atoms with van der Waals surface area (Å²) in [5.41, 5.74) is 5.27. The van der Waals surface area contributed by atoms with Crippen LogP contribution in [0.25, 0.3) is 0 Å². The van der Waals surface area contributed by atoms with E-state index in [1.807, 2.05) is 32.7 Å². The van der Waals surface area contributed by atoms with E-state index in [9.17, 15) is 4.79 Å². The molecule has 0 aromatic heterocycles. The quantitative estimate of drug-likeness (QED) is 0.422. The summed E-state index contributed by atoms with van der Waals surface area (Å²) in [6.45, 7) is 20.2. The third kappa shape index (κ3) is 8.21. The summed E-state index contributed by atoms with van der Waals surface area (Å²) < 4.78 is 0. The van der Waals surface area contributed by atoms with Gasteiger partial charge in [-0.15, -0.1) is 0 Å². The average molecular weight is 384 g/mol. The second kappa shape index (κ2) is 11.5. The van der Waals surface area contributed by atoms with Crippen molar-refractivity contribution in [3.8, 4) is 0 Å². The number of nitrogens with one attached hydrogen (secondary N) is 1. The molecular formula is C23H49N3O. The second-order valence-corrected chi connectivity index (χ2v) is 9.79. The van der Waals surface area contributed by atoms with Gasteiger partial charge < -0.3 is 5.73 Å². The van der Waals surface area contributed by atoms with Crippen LogP contribution in [0.5, 0.6) is 0 Å². The van der Waals surface area contributed by atoms with Crippen molar-refractivity contribution in [3.05, 3.63) is 0 Å². The fourth-order valence-electron chi connectivity index (χ4n) is 3.81. The van der Waals surface area contributed by atoms with Gasteiger partial charge in [0.1, 0.15) is 0 Å². The predicted octanol–water partition coefficient (Wildman–Crippen LogP) is 4.82. The lowest BCUT2D eigenvalue weighted by atomic mass is 9.71. The van der Waals surface area contributed by atoms with Gasteiger partial charge in [0.15, 0.2) is 5.78 Å². The SMILES string of the molecule is CCC[C@H](C)[C@@](C)(NC(C)(C)C(=O)CN(C)C(C)N)[C@@H](C)CC[C@@H](C)CC. The minimum absolute atomic E-state index is 0.0739. The van der Waals surface area contributed by atoms with E-state index in [0.29, 0.717) is 18.4 Å². The molecule has 0 aliphatic rings. The van der Waals surface area contributed by atoms with Crippen LogP contribution in [0.4, 0.5) is 0 Å². The average Bonchev–Trinajstić information content (AvgIpc) is 2.58. The Morgan fingerprint density at radius 3 is 1.96 bits per heavy atom. The van der Waals surface area contributed by atoms with Crippen LogP contribution in [0.2, 0.25) is 0 Å². The van der Waals surface area contributed by atoms with Gasteiger partial charge in [-0.1, -0.05) is 53.9 Å². The van der Waals surface area contributed by atoms with Gasteiger partial charge in [-0.2, -0.15) is 0 Å². The molecule has 0 rings (SSSR count). The Bertz CT molecular complexity index is 435. The van der Waals surface area contributed by atoms with E-state index < -0.39 is 5.54 Å². The number of carbonyl (C=O) groups is 1. The fourth-order valence-corrected chi connectivity index (χ4v) is 3.81. The number of hydrogen-bond acceptors (Lipinski definition) is 4. The fraction of sp³-hybridized carbons (Fsp3) is 0.957. The standard InChI is InChI=1S/C23H49N3O/c1-11-13-18(4)23(9,19(5)15-14-17(3)12-2)25-22(7,8)21(27)16-26(10)20(6)24/h17-20,25H,11-16,24H2,1-10H3/t17-,18-,19-,20?,23+/m0/s1. The van der Waals surface area contributed by atoms with Gasteiger partial charge in [0.2, 0.25) is 0 Å². The molecule has 27 heavy (non-hydrogen) atoms. The Labute approximate surface area is 170 Å². The van der Waals surface area contributed by atoms with Gasteiger partial charge in [-0.05, 0) is 65.3 Å². The number of Topliss-reactive ketones (excluding diaryl/α,β-unsaturated/α-hetero) is 1. The normalized spacial score (nSPS) is 19.4. The highest BCUT2D eigenvalue weighted by Gasteiger charge is 2.42. The van der Waals surface area contributed by atoms with Crippen LogP contribution in [-0.2, 0) is 4.79 Å². The first kappa shape index (κ1) is 26.6. The Kier molecular flexibility index (Phi) is 11.3. The number of nitrogens with two attached hydrogens (primary N) is 1. The zero-order valence-corrected chi connectivity index (χ0v) is 20.0. The smallest absolute Gasteiger partial charge is 0.166 e. The molecule has 0 amide bonds. The van der Waals surface area contributed by atoms with Crippen molar-refractivity contribution >= 4 is 5.78 Å². The number of carbonyl (C=O) groups excluding carboxylic acids is 1. The van der Waals surface area contributed by atoms with Gasteiger partial charge in [0.25, 0.3) is 0 Å². The topological polar surface area (TPSA) is 58.4 Å². The van der Waals surface area contributed by atoms with Crippen molar-refractivity contribution in [1.82, 2.24) is 10.2 Å². The van der Waals surface area contributed by atoms with Gasteiger partial charge in [-0.3, -0.25) is 15.0 Å². The molecule has 0 aliphatic carbocycles. The lowest BCUT2D eigenvalue weighted by Crippen LogP contribution is -2.64. The number of hydrogen-bond donors (Lipinski definition) is 2. The first-order valence-electron chi connectivity index (χ1n) is 11.1. The van der Waals surface area contributed by atoms with Crippen LogP contribution in [0, 0.1) is 17.8 Å². The van der Waals surface area contributed by atoms with E-state index in [1.165, 1.54) is 32.1 Å². The maximum absolute atomic E-state index is 13.0. The van der Waals surface area contributed by atoms with Crippen molar-refractivity contribution in [1.29, 1.82) is 0 Å². The summed E-state index contributed by atoms with van der Waals surface area (Å²) in [7, 11) is 1.91. The molecule has 0 saturated carbocycles. The number of rotatable bonds is 14. The minimum atomic E-state index is -0.579. The van der Waals surface area contributed by atoms with E-state index in [4.69, 9.17) is 5.73 Å². The monoisotopic (exact) mass is 383 g/mol. The Balaban J connectivity index is 5.40. The van der Waals surface area contributed by atoms with Gasteiger partial charge >= 0.3 is 0 Å². The number of ketones is 1. The summed E-state index contributed by atoms with van der Waals surface area (Å²) in [5, 5.41) is 3.82. The van der Waals surface area contributed by atoms with Crippen LogP contribution in [-0.4, -0.2) is 41.5 Å². The molecule has 162 valence electrons. The van der Waals surface area contributed by atoms with Crippen molar-refractivity contribution < 1.29 is 4.79 Å². The maximum atomic E-state index is 13.0. The first-order chi connectivity index (χ1) is 12.3. The summed E-state index contributed by atoms with van der Waals surface area (Å²) in [6.07, 6.45) is 5.88. The van der Waals surface area contributed by atoms with Crippen LogP contribution >= 0.6 is 0 Å². The Morgan fingerprint density at radius 2 is 1.52 bits per heavy atom. The van der Waals surface area contributed by atoms with Crippen molar-refractivity contribution in [2.45, 2.75) is 112 Å². The lowest BCUT2D eigenvalue weighted by Gasteiger charge is -2.47. The molecule has 4 nitrogen and oxygen atoms in total. The van der Waals surface area contributed by atoms with E-state index in [2.05, 4.69) is 46.9 Å². The summed E-state index contributed by atoms with van der Waals surface area (Å²) in [6, 6.07) is 0.